The summed E-state index contributed by atoms with van der Waals surface area (Å²) in [6.07, 6.45) is 1.11. The Kier molecular flexibility index (Phi) is 4.41. The number of aryl methyl sites for hydroxylation is 1. The van der Waals surface area contributed by atoms with Gasteiger partial charge in [-0.05, 0) is 25.1 Å². The topological polar surface area (TPSA) is 89.3 Å². The van der Waals surface area contributed by atoms with Crippen LogP contribution >= 0.6 is 0 Å². The van der Waals surface area contributed by atoms with Crippen molar-refractivity contribution >= 4 is 21.4 Å². The fourth-order valence-electron chi connectivity index (χ4n) is 2.24. The number of nitrogens with one attached hydrogen (secondary N) is 1. The summed E-state index contributed by atoms with van der Waals surface area (Å²) >= 11 is 0. The lowest BCUT2D eigenvalue weighted by Crippen LogP contribution is -2.11. The molecule has 0 saturated heterocycles. The Bertz CT molecular complexity index is 1020. The molecular weight excluding hydrogens is 340 g/mol. The highest BCUT2D eigenvalue weighted by atomic mass is 32.2. The molecule has 6 nitrogen and oxygen atoms in total. The van der Waals surface area contributed by atoms with E-state index in [1.807, 2.05) is 31.2 Å². The Balaban J connectivity index is 1.80. The first-order valence-corrected chi connectivity index (χ1v) is 9.37. The third-order valence-corrected chi connectivity index (χ3v) is 4.71. The first-order chi connectivity index (χ1) is 11.8. The maximum absolute atomic E-state index is 12.3. The molecule has 0 radical (unpaired) electrons. The van der Waals surface area contributed by atoms with E-state index in [1.54, 1.807) is 18.2 Å². The number of benzene rings is 2. The molecule has 1 heterocycles. The second kappa shape index (κ2) is 6.52. The van der Waals surface area contributed by atoms with Crippen LogP contribution in [0.25, 0.3) is 11.3 Å². The molecule has 0 aliphatic carbocycles. The van der Waals surface area contributed by atoms with Gasteiger partial charge >= 0.3 is 0 Å². The fraction of sp³-hybridized carbons (Fsp3) is 0.111. The van der Waals surface area contributed by atoms with Gasteiger partial charge in [-0.1, -0.05) is 41.1 Å². The number of hydrogen-bond acceptors (Lipinski definition) is 5. The van der Waals surface area contributed by atoms with E-state index < -0.39 is 15.7 Å². The van der Waals surface area contributed by atoms with Gasteiger partial charge in [-0.3, -0.25) is 4.79 Å². The van der Waals surface area contributed by atoms with Gasteiger partial charge in [0.25, 0.3) is 5.91 Å². The zero-order valence-corrected chi connectivity index (χ0v) is 14.5. The number of sulfone groups is 1. The molecule has 128 valence electrons. The van der Waals surface area contributed by atoms with E-state index in [0.29, 0.717) is 11.4 Å². The molecule has 3 rings (SSSR count). The molecule has 0 atom stereocenters. The normalized spacial score (nSPS) is 11.3. The lowest BCUT2D eigenvalue weighted by atomic mass is 10.1. The zero-order valence-electron chi connectivity index (χ0n) is 13.7. The van der Waals surface area contributed by atoms with E-state index in [2.05, 4.69) is 10.5 Å². The van der Waals surface area contributed by atoms with Gasteiger partial charge in [0.2, 0.25) is 5.76 Å². The molecule has 0 spiro atoms. The molecule has 0 unspecified atom stereocenters. The number of rotatable bonds is 4. The Morgan fingerprint density at radius 1 is 1.08 bits per heavy atom. The molecule has 0 saturated carbocycles. The Hall–Kier alpha value is -2.93. The molecule has 25 heavy (non-hydrogen) atoms. The number of anilines is 1. The van der Waals surface area contributed by atoms with Crippen LogP contribution in [0.15, 0.2) is 64.0 Å². The number of nitrogens with zero attached hydrogens (tertiary/aromatic N) is 1. The number of hydrogen-bond donors (Lipinski definition) is 1. The van der Waals surface area contributed by atoms with Gasteiger partial charge in [0.15, 0.2) is 9.84 Å². The van der Waals surface area contributed by atoms with Crippen molar-refractivity contribution < 1.29 is 17.7 Å². The first-order valence-electron chi connectivity index (χ1n) is 7.48. The van der Waals surface area contributed by atoms with Crippen molar-refractivity contribution in [2.24, 2.45) is 0 Å². The average Bonchev–Trinajstić information content (AvgIpc) is 3.05. The van der Waals surface area contributed by atoms with Gasteiger partial charge in [-0.2, -0.15) is 0 Å². The largest absolute Gasteiger partial charge is 0.350 e. The summed E-state index contributed by atoms with van der Waals surface area (Å²) in [5, 5.41) is 6.51. The summed E-state index contributed by atoms with van der Waals surface area (Å²) in [7, 11) is -3.35. The SMILES string of the molecule is Cc1ccc(-c2cc(C(=O)Nc3cccc(S(C)(=O)=O)c3)on2)cc1. The van der Waals surface area contributed by atoms with Gasteiger partial charge in [0.1, 0.15) is 5.69 Å². The highest BCUT2D eigenvalue weighted by Gasteiger charge is 2.15. The maximum atomic E-state index is 12.3. The molecule has 7 heteroatoms. The summed E-state index contributed by atoms with van der Waals surface area (Å²) < 4.78 is 28.3. The van der Waals surface area contributed by atoms with Crippen LogP contribution in [0.1, 0.15) is 16.1 Å². The van der Waals surface area contributed by atoms with Crippen LogP contribution < -0.4 is 5.32 Å². The van der Waals surface area contributed by atoms with E-state index in [-0.39, 0.29) is 10.7 Å². The van der Waals surface area contributed by atoms with E-state index in [0.717, 1.165) is 17.4 Å². The number of carbonyl (C=O) groups is 1. The molecule has 0 fully saturated rings. The van der Waals surface area contributed by atoms with E-state index >= 15 is 0 Å². The summed E-state index contributed by atoms with van der Waals surface area (Å²) in [6, 6.07) is 15.2. The molecular formula is C18H16N2O4S. The van der Waals surface area contributed by atoms with E-state index in [1.165, 1.54) is 12.1 Å². The van der Waals surface area contributed by atoms with Crippen molar-refractivity contribution in [2.75, 3.05) is 11.6 Å². The van der Waals surface area contributed by atoms with Crippen molar-refractivity contribution in [1.29, 1.82) is 0 Å². The molecule has 1 amide bonds. The Labute approximate surface area is 145 Å². The zero-order chi connectivity index (χ0) is 18.0. The fourth-order valence-corrected chi connectivity index (χ4v) is 2.91. The summed E-state index contributed by atoms with van der Waals surface area (Å²) in [5.41, 5.74) is 2.87. The van der Waals surface area contributed by atoms with Crippen molar-refractivity contribution in [2.45, 2.75) is 11.8 Å². The number of carbonyl (C=O) groups excluding carboxylic acids is 1. The minimum atomic E-state index is -3.35. The minimum absolute atomic E-state index is 0.0420. The molecule has 2 aromatic carbocycles. The third-order valence-electron chi connectivity index (χ3n) is 3.60. The second-order valence-corrected chi connectivity index (χ2v) is 7.71. The Morgan fingerprint density at radius 2 is 1.80 bits per heavy atom. The highest BCUT2D eigenvalue weighted by Crippen LogP contribution is 2.21. The number of amides is 1. The van der Waals surface area contributed by atoms with Crippen LogP contribution in [0.4, 0.5) is 5.69 Å². The van der Waals surface area contributed by atoms with Gasteiger partial charge in [-0.15, -0.1) is 0 Å². The van der Waals surface area contributed by atoms with E-state index in [9.17, 15) is 13.2 Å². The minimum Gasteiger partial charge on any atom is -0.350 e. The monoisotopic (exact) mass is 356 g/mol. The van der Waals surface area contributed by atoms with E-state index in [4.69, 9.17) is 4.52 Å². The van der Waals surface area contributed by atoms with Gasteiger partial charge in [0, 0.05) is 23.6 Å². The van der Waals surface area contributed by atoms with Crippen molar-refractivity contribution in [3.05, 3.63) is 65.9 Å². The van der Waals surface area contributed by atoms with Gasteiger partial charge in [0.05, 0.1) is 4.90 Å². The Morgan fingerprint density at radius 3 is 2.48 bits per heavy atom. The van der Waals surface area contributed by atoms with Crippen LogP contribution in [0.2, 0.25) is 0 Å². The molecule has 0 aliphatic rings. The van der Waals surface area contributed by atoms with Crippen molar-refractivity contribution in [1.82, 2.24) is 5.16 Å². The molecule has 0 aliphatic heterocycles. The van der Waals surface area contributed by atoms with Gasteiger partial charge in [-0.25, -0.2) is 8.42 Å². The van der Waals surface area contributed by atoms with Gasteiger partial charge < -0.3 is 9.84 Å². The molecule has 1 N–H and O–H groups in total. The lowest BCUT2D eigenvalue weighted by molar-refractivity contribution is 0.0988. The molecule has 1 aromatic heterocycles. The average molecular weight is 356 g/mol. The predicted molar refractivity (Wildman–Crippen MR) is 94.2 cm³/mol. The second-order valence-electron chi connectivity index (χ2n) is 5.70. The first kappa shape index (κ1) is 16.9. The maximum Gasteiger partial charge on any atom is 0.294 e. The highest BCUT2D eigenvalue weighted by molar-refractivity contribution is 7.90. The van der Waals surface area contributed by atoms with Crippen LogP contribution in [0.5, 0.6) is 0 Å². The van der Waals surface area contributed by atoms with Crippen LogP contribution in [-0.2, 0) is 9.84 Å². The van der Waals surface area contributed by atoms with Crippen LogP contribution in [0.3, 0.4) is 0 Å². The predicted octanol–water partition coefficient (Wildman–Crippen LogP) is 3.31. The third kappa shape index (κ3) is 3.95. The molecule has 0 bridgehead atoms. The quantitative estimate of drug-likeness (QED) is 0.775. The van der Waals surface area contributed by atoms with Crippen LogP contribution in [0, 0.1) is 6.92 Å². The standard InChI is InChI=1S/C18H16N2O4S/c1-12-6-8-13(9-7-12)16-11-17(24-20-16)18(21)19-14-4-3-5-15(10-14)25(2,22)23/h3-11H,1-2H3,(H,19,21). The molecule has 3 aromatic rings. The summed E-state index contributed by atoms with van der Waals surface area (Å²) in [5.74, 6) is -0.461. The smallest absolute Gasteiger partial charge is 0.294 e. The summed E-state index contributed by atoms with van der Waals surface area (Å²) in [6.45, 7) is 1.98. The van der Waals surface area contributed by atoms with Crippen molar-refractivity contribution in [3.8, 4) is 11.3 Å². The van der Waals surface area contributed by atoms with Crippen LogP contribution in [-0.4, -0.2) is 25.7 Å². The lowest BCUT2D eigenvalue weighted by Gasteiger charge is -2.04. The van der Waals surface area contributed by atoms with Crippen molar-refractivity contribution in [3.63, 3.8) is 0 Å². The summed E-state index contributed by atoms with van der Waals surface area (Å²) in [4.78, 5) is 12.4. The number of aromatic nitrogens is 1.